The molecular formula is C29H27N3O2S2. The van der Waals surface area contributed by atoms with Crippen molar-refractivity contribution in [1.29, 1.82) is 0 Å². The highest BCUT2D eigenvalue weighted by molar-refractivity contribution is 7.99. The van der Waals surface area contributed by atoms with Crippen LogP contribution in [-0.2, 0) is 0 Å². The van der Waals surface area contributed by atoms with Crippen molar-refractivity contribution in [3.63, 3.8) is 0 Å². The van der Waals surface area contributed by atoms with E-state index in [0.717, 1.165) is 45.7 Å². The minimum atomic E-state index is -0.181. The van der Waals surface area contributed by atoms with Crippen LogP contribution in [0.2, 0.25) is 0 Å². The van der Waals surface area contributed by atoms with Gasteiger partial charge in [0.1, 0.15) is 17.6 Å². The Hall–Kier alpha value is -3.29. The summed E-state index contributed by atoms with van der Waals surface area (Å²) in [5.74, 6) is 1.74. The van der Waals surface area contributed by atoms with Gasteiger partial charge in [0.05, 0.1) is 17.8 Å². The lowest BCUT2D eigenvalue weighted by Gasteiger charge is -2.26. The number of furan rings is 1. The van der Waals surface area contributed by atoms with E-state index in [1.807, 2.05) is 66.9 Å². The zero-order valence-corrected chi connectivity index (χ0v) is 21.4. The summed E-state index contributed by atoms with van der Waals surface area (Å²) in [4.78, 5) is 7.89. The molecule has 7 heteroatoms. The Morgan fingerprint density at radius 2 is 1.69 bits per heavy atom. The summed E-state index contributed by atoms with van der Waals surface area (Å²) < 4.78 is 12.6. The van der Waals surface area contributed by atoms with Gasteiger partial charge in [-0.25, -0.2) is 0 Å². The molecule has 2 aliphatic rings. The van der Waals surface area contributed by atoms with E-state index in [2.05, 4.69) is 39.5 Å². The third kappa shape index (κ3) is 4.86. The molecule has 0 bridgehead atoms. The van der Waals surface area contributed by atoms with E-state index in [4.69, 9.17) is 21.4 Å². The van der Waals surface area contributed by atoms with Crippen LogP contribution in [0.25, 0.3) is 0 Å². The van der Waals surface area contributed by atoms with Crippen LogP contribution in [0, 0.1) is 0 Å². The molecule has 1 saturated carbocycles. The minimum Gasteiger partial charge on any atom is -0.490 e. The second-order valence-corrected chi connectivity index (χ2v) is 10.6. The second-order valence-electron chi connectivity index (χ2n) is 9.09. The highest BCUT2D eigenvalue weighted by atomic mass is 32.2. The first-order chi connectivity index (χ1) is 17.7. The molecule has 0 spiro atoms. The van der Waals surface area contributed by atoms with Crippen molar-refractivity contribution in [2.24, 2.45) is 0 Å². The summed E-state index contributed by atoms with van der Waals surface area (Å²) in [5, 5.41) is 4.99. The maximum absolute atomic E-state index is 6.40. The minimum absolute atomic E-state index is 0.145. The van der Waals surface area contributed by atoms with Crippen molar-refractivity contribution >= 4 is 34.8 Å². The monoisotopic (exact) mass is 513 g/mol. The van der Waals surface area contributed by atoms with Crippen LogP contribution in [0.4, 0.5) is 5.69 Å². The van der Waals surface area contributed by atoms with Crippen LogP contribution >= 0.6 is 24.0 Å². The van der Waals surface area contributed by atoms with Crippen molar-refractivity contribution in [1.82, 2.24) is 10.3 Å². The lowest BCUT2D eigenvalue weighted by molar-refractivity contribution is 0.210. The predicted octanol–water partition coefficient (Wildman–Crippen LogP) is 7.32. The Bertz CT molecular complexity index is 1310. The number of nitrogens with zero attached hydrogens (tertiary/aromatic N) is 2. The average molecular weight is 514 g/mol. The Kier molecular flexibility index (Phi) is 6.66. The molecule has 0 amide bonds. The molecule has 2 aromatic heterocycles. The fourth-order valence-electron chi connectivity index (χ4n) is 4.96. The number of aromatic nitrogens is 1. The molecule has 1 saturated heterocycles. The van der Waals surface area contributed by atoms with E-state index < -0.39 is 0 Å². The Labute approximate surface area is 220 Å². The van der Waals surface area contributed by atoms with E-state index in [1.165, 1.54) is 12.8 Å². The Morgan fingerprint density at radius 3 is 2.44 bits per heavy atom. The largest absolute Gasteiger partial charge is 0.490 e. The number of anilines is 1. The third-order valence-corrected chi connectivity index (χ3v) is 7.92. The zero-order chi connectivity index (χ0) is 24.3. The maximum atomic E-state index is 6.40. The van der Waals surface area contributed by atoms with Crippen molar-refractivity contribution in [3.05, 3.63) is 103 Å². The number of pyridine rings is 1. The topological polar surface area (TPSA) is 50.5 Å². The summed E-state index contributed by atoms with van der Waals surface area (Å²) in [5.41, 5.74) is 1.91. The van der Waals surface area contributed by atoms with E-state index in [1.54, 1.807) is 11.8 Å². The van der Waals surface area contributed by atoms with Gasteiger partial charge in [0.15, 0.2) is 10.2 Å². The summed E-state index contributed by atoms with van der Waals surface area (Å²) in [6.45, 7) is 0. The Morgan fingerprint density at radius 1 is 0.917 bits per heavy atom. The van der Waals surface area contributed by atoms with Crippen LogP contribution in [0.5, 0.6) is 5.75 Å². The fourth-order valence-corrected chi connectivity index (χ4v) is 6.10. The van der Waals surface area contributed by atoms with Gasteiger partial charge in [-0.2, -0.15) is 0 Å². The molecule has 4 aromatic rings. The molecule has 3 heterocycles. The van der Waals surface area contributed by atoms with Gasteiger partial charge in [-0.05, 0) is 98.6 Å². The Balaban J connectivity index is 1.31. The number of hydrogen-bond donors (Lipinski definition) is 1. The molecule has 1 N–H and O–H groups in total. The first-order valence-electron chi connectivity index (χ1n) is 12.3. The third-order valence-electron chi connectivity index (χ3n) is 6.67. The zero-order valence-electron chi connectivity index (χ0n) is 19.7. The first-order valence-corrected chi connectivity index (χ1v) is 13.6. The van der Waals surface area contributed by atoms with Gasteiger partial charge >= 0.3 is 0 Å². The predicted molar refractivity (Wildman–Crippen MR) is 147 cm³/mol. The summed E-state index contributed by atoms with van der Waals surface area (Å²) in [7, 11) is 0. The average Bonchev–Trinajstić information content (AvgIpc) is 3.66. The molecule has 2 unspecified atom stereocenters. The second kappa shape index (κ2) is 10.4. The maximum Gasteiger partial charge on any atom is 0.174 e. The van der Waals surface area contributed by atoms with E-state index >= 15 is 0 Å². The molecular weight excluding hydrogens is 486 g/mol. The fraction of sp³-hybridized carbons (Fsp3) is 0.241. The van der Waals surface area contributed by atoms with E-state index in [-0.39, 0.29) is 12.1 Å². The number of thiocarbonyl (C=S) groups is 1. The number of hydrogen-bond acceptors (Lipinski definition) is 5. The standard InChI is InChI=1S/C29H27N3O2S2/c35-29-31-27(24-12-6-7-19-30-24)28(25-17-18-26(34-25)36-23-10-2-1-3-11-23)32(29)20-13-15-22(16-14-20)33-21-8-4-5-9-21/h1-3,6-7,10-19,21,27-28H,4-5,8-9H2,(H,31,35). The molecule has 1 aliphatic carbocycles. The highest BCUT2D eigenvalue weighted by Crippen LogP contribution is 2.43. The molecule has 1 aliphatic heterocycles. The summed E-state index contributed by atoms with van der Waals surface area (Å²) in [6.07, 6.45) is 6.92. The normalized spacial score (nSPS) is 20.0. The van der Waals surface area contributed by atoms with Crippen molar-refractivity contribution < 1.29 is 9.15 Å². The molecule has 182 valence electrons. The van der Waals surface area contributed by atoms with Crippen molar-refractivity contribution in [2.75, 3.05) is 4.90 Å². The molecule has 5 nitrogen and oxygen atoms in total. The van der Waals surface area contributed by atoms with Gasteiger partial charge in [-0.15, -0.1) is 0 Å². The smallest absolute Gasteiger partial charge is 0.174 e. The van der Waals surface area contributed by atoms with Gasteiger partial charge in [-0.1, -0.05) is 36.0 Å². The summed E-state index contributed by atoms with van der Waals surface area (Å²) >= 11 is 7.45. The number of ether oxygens (including phenoxy) is 1. The van der Waals surface area contributed by atoms with Crippen LogP contribution < -0.4 is 15.0 Å². The van der Waals surface area contributed by atoms with Crippen molar-refractivity contribution in [2.45, 2.75) is 53.9 Å². The lowest BCUT2D eigenvalue weighted by Crippen LogP contribution is -2.29. The molecule has 2 fully saturated rings. The summed E-state index contributed by atoms with van der Waals surface area (Å²) in [6, 6.07) is 28.2. The first kappa shape index (κ1) is 23.1. The van der Waals surface area contributed by atoms with Crippen LogP contribution in [0.15, 0.2) is 106 Å². The van der Waals surface area contributed by atoms with Gasteiger partial charge in [0.2, 0.25) is 0 Å². The number of benzene rings is 2. The van der Waals surface area contributed by atoms with Gasteiger partial charge in [0, 0.05) is 16.8 Å². The van der Waals surface area contributed by atoms with Gasteiger partial charge in [-0.3, -0.25) is 4.98 Å². The lowest BCUT2D eigenvalue weighted by atomic mass is 10.0. The van der Waals surface area contributed by atoms with Crippen molar-refractivity contribution in [3.8, 4) is 5.75 Å². The molecule has 0 radical (unpaired) electrons. The van der Waals surface area contributed by atoms with Crippen LogP contribution in [-0.4, -0.2) is 16.2 Å². The van der Waals surface area contributed by atoms with Crippen LogP contribution in [0.3, 0.4) is 0 Å². The molecule has 36 heavy (non-hydrogen) atoms. The van der Waals surface area contributed by atoms with E-state index in [0.29, 0.717) is 11.2 Å². The SMILES string of the molecule is S=C1NC(c2ccccn2)C(c2ccc(Sc3ccccc3)o2)N1c1ccc(OC2CCCC2)cc1. The highest BCUT2D eigenvalue weighted by Gasteiger charge is 2.42. The molecule has 2 aromatic carbocycles. The number of nitrogens with one attached hydrogen (secondary N) is 1. The van der Waals surface area contributed by atoms with Gasteiger partial charge < -0.3 is 19.4 Å². The molecule has 2 atom stereocenters. The van der Waals surface area contributed by atoms with Crippen LogP contribution in [0.1, 0.15) is 49.2 Å². The van der Waals surface area contributed by atoms with E-state index in [9.17, 15) is 0 Å². The molecule has 6 rings (SSSR count). The quantitative estimate of drug-likeness (QED) is 0.260. The van der Waals surface area contributed by atoms with Gasteiger partial charge in [0.25, 0.3) is 0 Å². The number of rotatable bonds is 7.